The second kappa shape index (κ2) is 5.65. The molecule has 0 radical (unpaired) electrons. The summed E-state index contributed by atoms with van der Waals surface area (Å²) in [5.41, 5.74) is 0.886. The molecule has 0 saturated heterocycles. The first kappa shape index (κ1) is 12.6. The van der Waals surface area contributed by atoms with Crippen LogP contribution in [-0.4, -0.2) is 18.9 Å². The van der Waals surface area contributed by atoms with Gasteiger partial charge in [-0.25, -0.2) is 0 Å². The first-order valence-electron chi connectivity index (χ1n) is 5.54. The lowest BCUT2D eigenvalue weighted by Crippen LogP contribution is -2.22. The van der Waals surface area contributed by atoms with E-state index in [1.54, 1.807) is 30.3 Å². The van der Waals surface area contributed by atoms with Crippen LogP contribution in [0, 0.1) is 0 Å². The molecule has 0 saturated carbocycles. The second-order valence-corrected chi connectivity index (χ2v) is 4.39. The largest absolute Gasteiger partial charge is 0.508 e. The van der Waals surface area contributed by atoms with E-state index in [-0.39, 0.29) is 5.75 Å². The summed E-state index contributed by atoms with van der Waals surface area (Å²) < 4.78 is 5.60. The van der Waals surface area contributed by atoms with E-state index in [9.17, 15) is 5.11 Å². The fraction of sp³-hybridized carbons (Fsp3) is 0.143. The highest BCUT2D eigenvalue weighted by Crippen LogP contribution is 2.20. The normalized spacial score (nSPS) is 10.1. The van der Waals surface area contributed by atoms with Crippen molar-refractivity contribution in [2.75, 3.05) is 18.7 Å². The van der Waals surface area contributed by atoms with E-state index in [0.29, 0.717) is 11.8 Å². The van der Waals surface area contributed by atoms with Gasteiger partial charge in [0.05, 0.1) is 0 Å². The Morgan fingerprint density at radius 2 is 1.94 bits per heavy atom. The van der Waals surface area contributed by atoms with Crippen LogP contribution in [-0.2, 0) is 0 Å². The number of aromatic hydroxyl groups is 1. The standard InChI is InChI=1S/C14H14ClNO2/c1-16(12-5-3-6-13(17)9-12)10-18-14-7-2-4-11(15)8-14/h2-9,17H,10H2,1H3. The number of benzene rings is 2. The Morgan fingerprint density at radius 1 is 1.17 bits per heavy atom. The molecular weight excluding hydrogens is 250 g/mol. The van der Waals surface area contributed by atoms with Gasteiger partial charge in [-0.3, -0.25) is 0 Å². The van der Waals surface area contributed by atoms with Gasteiger partial charge in [-0.15, -0.1) is 0 Å². The number of nitrogens with zero attached hydrogens (tertiary/aromatic N) is 1. The molecule has 0 amide bonds. The smallest absolute Gasteiger partial charge is 0.161 e. The third-order valence-corrected chi connectivity index (χ3v) is 2.73. The Balaban J connectivity index is 1.98. The number of halogens is 1. The molecular formula is C14H14ClNO2. The molecule has 2 aromatic rings. The Hall–Kier alpha value is -1.87. The molecule has 4 heteroatoms. The van der Waals surface area contributed by atoms with Gasteiger partial charge in [0.25, 0.3) is 0 Å². The van der Waals surface area contributed by atoms with Crippen LogP contribution < -0.4 is 9.64 Å². The molecule has 0 aliphatic carbocycles. The number of phenolic OH excluding ortho intramolecular Hbond substituents is 1. The molecule has 0 fully saturated rings. The van der Waals surface area contributed by atoms with Crippen LogP contribution in [0.5, 0.6) is 11.5 Å². The lowest BCUT2D eigenvalue weighted by atomic mass is 10.3. The van der Waals surface area contributed by atoms with Crippen molar-refractivity contribution in [3.8, 4) is 11.5 Å². The molecule has 0 heterocycles. The molecule has 3 nitrogen and oxygen atoms in total. The van der Waals surface area contributed by atoms with Crippen molar-refractivity contribution >= 4 is 17.3 Å². The zero-order valence-corrected chi connectivity index (χ0v) is 10.8. The molecule has 0 bridgehead atoms. The van der Waals surface area contributed by atoms with Gasteiger partial charge in [0.2, 0.25) is 0 Å². The topological polar surface area (TPSA) is 32.7 Å². The summed E-state index contributed by atoms with van der Waals surface area (Å²) in [4.78, 5) is 1.89. The maximum Gasteiger partial charge on any atom is 0.161 e. The fourth-order valence-corrected chi connectivity index (χ4v) is 1.71. The molecule has 2 rings (SSSR count). The van der Waals surface area contributed by atoms with Gasteiger partial charge in [-0.2, -0.15) is 0 Å². The summed E-state index contributed by atoms with van der Waals surface area (Å²) >= 11 is 5.87. The van der Waals surface area contributed by atoms with Crippen LogP contribution in [0.4, 0.5) is 5.69 Å². The van der Waals surface area contributed by atoms with Crippen LogP contribution >= 0.6 is 11.6 Å². The van der Waals surface area contributed by atoms with Gasteiger partial charge in [0.15, 0.2) is 6.73 Å². The molecule has 1 N–H and O–H groups in total. The predicted molar refractivity (Wildman–Crippen MR) is 73.5 cm³/mol. The van der Waals surface area contributed by atoms with Crippen molar-refractivity contribution in [3.63, 3.8) is 0 Å². The van der Waals surface area contributed by atoms with Gasteiger partial charge in [-0.1, -0.05) is 23.7 Å². The fourth-order valence-electron chi connectivity index (χ4n) is 1.53. The number of phenols is 1. The molecule has 0 aromatic heterocycles. The van der Waals surface area contributed by atoms with Crippen molar-refractivity contribution in [2.45, 2.75) is 0 Å². The summed E-state index contributed by atoms with van der Waals surface area (Å²) in [5.74, 6) is 0.955. The SMILES string of the molecule is CN(COc1cccc(Cl)c1)c1cccc(O)c1. The molecule has 18 heavy (non-hydrogen) atoms. The van der Waals surface area contributed by atoms with E-state index < -0.39 is 0 Å². The minimum atomic E-state index is 0.238. The predicted octanol–water partition coefficient (Wildman–Crippen LogP) is 3.52. The van der Waals surface area contributed by atoms with E-state index in [1.807, 2.05) is 30.1 Å². The van der Waals surface area contributed by atoms with Crippen LogP contribution in [0.15, 0.2) is 48.5 Å². The third-order valence-electron chi connectivity index (χ3n) is 2.49. The van der Waals surface area contributed by atoms with Gasteiger partial charge in [-0.05, 0) is 30.3 Å². The van der Waals surface area contributed by atoms with Crippen LogP contribution in [0.25, 0.3) is 0 Å². The zero-order valence-electron chi connectivity index (χ0n) is 10.0. The zero-order chi connectivity index (χ0) is 13.0. The minimum absolute atomic E-state index is 0.238. The molecule has 0 atom stereocenters. The minimum Gasteiger partial charge on any atom is -0.508 e. The van der Waals surface area contributed by atoms with Crippen LogP contribution in [0.2, 0.25) is 5.02 Å². The highest BCUT2D eigenvalue weighted by molar-refractivity contribution is 6.30. The van der Waals surface area contributed by atoms with E-state index in [1.165, 1.54) is 0 Å². The number of anilines is 1. The summed E-state index contributed by atoms with van der Waals surface area (Å²) in [6.07, 6.45) is 0. The highest BCUT2D eigenvalue weighted by atomic mass is 35.5. The quantitative estimate of drug-likeness (QED) is 0.857. The van der Waals surface area contributed by atoms with Crippen molar-refractivity contribution in [1.82, 2.24) is 0 Å². The number of rotatable bonds is 4. The Kier molecular flexibility index (Phi) is 3.95. The second-order valence-electron chi connectivity index (χ2n) is 3.95. The highest BCUT2D eigenvalue weighted by Gasteiger charge is 2.02. The van der Waals surface area contributed by atoms with E-state index in [4.69, 9.17) is 16.3 Å². The lowest BCUT2D eigenvalue weighted by Gasteiger charge is -2.19. The average molecular weight is 264 g/mol. The van der Waals surface area contributed by atoms with E-state index in [2.05, 4.69) is 0 Å². The van der Waals surface area contributed by atoms with Crippen LogP contribution in [0.1, 0.15) is 0 Å². The van der Waals surface area contributed by atoms with Crippen LogP contribution in [0.3, 0.4) is 0 Å². The molecule has 0 aliphatic heterocycles. The van der Waals surface area contributed by atoms with E-state index in [0.717, 1.165) is 11.4 Å². The van der Waals surface area contributed by atoms with Gasteiger partial charge < -0.3 is 14.7 Å². The first-order chi connectivity index (χ1) is 8.65. The molecule has 0 unspecified atom stereocenters. The van der Waals surface area contributed by atoms with Gasteiger partial charge >= 0.3 is 0 Å². The maximum absolute atomic E-state index is 9.40. The average Bonchev–Trinajstić information content (AvgIpc) is 2.36. The molecule has 0 aliphatic rings. The van der Waals surface area contributed by atoms with Crippen molar-refractivity contribution in [3.05, 3.63) is 53.6 Å². The Bertz CT molecular complexity index is 531. The summed E-state index contributed by atoms with van der Waals surface area (Å²) in [5, 5.41) is 10.0. The summed E-state index contributed by atoms with van der Waals surface area (Å²) in [6, 6.07) is 14.3. The summed E-state index contributed by atoms with van der Waals surface area (Å²) in [6.45, 7) is 0.379. The monoisotopic (exact) mass is 263 g/mol. The van der Waals surface area contributed by atoms with Gasteiger partial charge in [0, 0.05) is 23.8 Å². The first-order valence-corrected chi connectivity index (χ1v) is 5.91. The Morgan fingerprint density at radius 3 is 2.67 bits per heavy atom. The number of hydrogen-bond donors (Lipinski definition) is 1. The molecule has 94 valence electrons. The van der Waals surface area contributed by atoms with Crippen molar-refractivity contribution in [1.29, 1.82) is 0 Å². The van der Waals surface area contributed by atoms with Gasteiger partial charge in [0.1, 0.15) is 11.5 Å². The molecule has 0 spiro atoms. The number of hydrogen-bond acceptors (Lipinski definition) is 3. The maximum atomic E-state index is 9.40. The Labute approximate surface area is 111 Å². The van der Waals surface area contributed by atoms with Crippen molar-refractivity contribution < 1.29 is 9.84 Å². The van der Waals surface area contributed by atoms with E-state index >= 15 is 0 Å². The number of ether oxygens (including phenoxy) is 1. The summed E-state index contributed by atoms with van der Waals surface area (Å²) in [7, 11) is 1.89. The third kappa shape index (κ3) is 3.31. The van der Waals surface area contributed by atoms with Crippen molar-refractivity contribution in [2.24, 2.45) is 0 Å². The molecule has 2 aromatic carbocycles. The lowest BCUT2D eigenvalue weighted by molar-refractivity contribution is 0.321.